The van der Waals surface area contributed by atoms with Crippen molar-refractivity contribution in [3.8, 4) is 0 Å². The Hall–Kier alpha value is -1.07. The second-order valence-electron chi connectivity index (χ2n) is 4.57. The van der Waals surface area contributed by atoms with Crippen LogP contribution in [0.1, 0.15) is 18.2 Å². The maximum atomic E-state index is 4.63. The first-order valence-electron chi connectivity index (χ1n) is 6.13. The van der Waals surface area contributed by atoms with Crippen molar-refractivity contribution in [2.75, 3.05) is 12.1 Å². The van der Waals surface area contributed by atoms with Gasteiger partial charge in [0.1, 0.15) is 0 Å². The number of aromatic nitrogens is 1. The smallest absolute Gasteiger partial charge is 0.163 e. The van der Waals surface area contributed by atoms with E-state index in [0.717, 1.165) is 32.9 Å². The highest BCUT2D eigenvalue weighted by Crippen LogP contribution is 2.32. The topological polar surface area (TPSA) is 37.6 Å². The average molecular weight is 289 g/mol. The highest BCUT2D eigenvalue weighted by atomic mass is 32.2. The zero-order valence-electron chi connectivity index (χ0n) is 11.4. The minimum absolute atomic E-state index is 0.797. The number of thioether (sulfide) groups is 2. The first-order valence-corrected chi connectivity index (χ1v) is 8.10. The molecule has 3 nitrogen and oxygen atoms in total. The van der Waals surface area contributed by atoms with Crippen LogP contribution in [0.3, 0.4) is 0 Å². The predicted octanol–water partition coefficient (Wildman–Crippen LogP) is 2.21. The van der Waals surface area contributed by atoms with Crippen LogP contribution < -0.4 is 10.7 Å². The van der Waals surface area contributed by atoms with Crippen LogP contribution in [0.4, 0.5) is 0 Å². The molecule has 0 saturated carbocycles. The largest absolute Gasteiger partial charge is 0.270 e. The van der Waals surface area contributed by atoms with Crippen molar-refractivity contribution in [2.45, 2.75) is 25.7 Å². The van der Waals surface area contributed by atoms with Gasteiger partial charge in [0.25, 0.3) is 0 Å². The number of rotatable bonds is 0. The first kappa shape index (κ1) is 12.9. The molecule has 2 aliphatic heterocycles. The Morgan fingerprint density at radius 2 is 2.00 bits per heavy atom. The molecule has 0 saturated heterocycles. The van der Waals surface area contributed by atoms with E-state index in [-0.39, 0.29) is 0 Å². The van der Waals surface area contributed by atoms with Gasteiger partial charge in [0.05, 0.1) is 0 Å². The Bertz CT molecular complexity index is 745. The van der Waals surface area contributed by atoms with Gasteiger partial charge >= 0.3 is 0 Å². The molecule has 5 heteroatoms. The molecule has 0 unspecified atom stereocenters. The van der Waals surface area contributed by atoms with Crippen molar-refractivity contribution in [2.24, 2.45) is 9.98 Å². The normalized spacial score (nSPS) is 23.5. The number of aliphatic imine (C=N–C) groups is 1. The van der Waals surface area contributed by atoms with Gasteiger partial charge in [0.15, 0.2) is 11.3 Å². The van der Waals surface area contributed by atoms with E-state index in [9.17, 15) is 0 Å². The minimum atomic E-state index is 0.797. The summed E-state index contributed by atoms with van der Waals surface area (Å²) in [6.45, 7) is 6.33. The molecule has 0 N–H and O–H groups in total. The average Bonchev–Trinajstić information content (AvgIpc) is 2.39. The summed E-state index contributed by atoms with van der Waals surface area (Å²) in [6.07, 6.45) is 2.20. The van der Waals surface area contributed by atoms with Crippen LogP contribution in [0.25, 0.3) is 6.08 Å². The molecular weight excluding hydrogens is 274 g/mol. The summed E-state index contributed by atoms with van der Waals surface area (Å²) in [7, 11) is 1.79. The summed E-state index contributed by atoms with van der Waals surface area (Å²) in [4.78, 5) is 16.2. The third kappa shape index (κ3) is 2.05. The highest BCUT2D eigenvalue weighted by molar-refractivity contribution is 8.17. The standard InChI is InChI=1S/C14H15N3S2/c1-7-8(2)16-14-11-5-10(13(15-4)17-14)9(3)18-6-19-12(7)11/h5H,6H2,1-4H3/b10-9+,15-13+. The lowest BCUT2D eigenvalue weighted by molar-refractivity contribution is 0.988. The molecule has 1 aromatic rings. The molecular formula is C14H15N3S2. The van der Waals surface area contributed by atoms with Gasteiger partial charge in [-0.1, -0.05) is 0 Å². The molecule has 2 bridgehead atoms. The molecule has 3 rings (SSSR count). The summed E-state index contributed by atoms with van der Waals surface area (Å²) in [6, 6.07) is 0. The molecule has 19 heavy (non-hydrogen) atoms. The van der Waals surface area contributed by atoms with Crippen molar-refractivity contribution in [3.05, 3.63) is 32.4 Å². The molecule has 0 atom stereocenters. The first-order chi connectivity index (χ1) is 9.11. The van der Waals surface area contributed by atoms with Gasteiger partial charge in [0, 0.05) is 33.5 Å². The number of hydrogen-bond donors (Lipinski definition) is 0. The second-order valence-corrected chi connectivity index (χ2v) is 7.11. The fourth-order valence-corrected chi connectivity index (χ4v) is 4.62. The van der Waals surface area contributed by atoms with Gasteiger partial charge in [-0.05, 0) is 37.3 Å². The van der Waals surface area contributed by atoms with E-state index in [0.29, 0.717) is 0 Å². The van der Waals surface area contributed by atoms with E-state index in [2.05, 4.69) is 34.9 Å². The second kappa shape index (κ2) is 4.80. The number of hydrogen-bond acceptors (Lipinski definition) is 4. The lowest BCUT2D eigenvalue weighted by atomic mass is 10.1. The van der Waals surface area contributed by atoms with E-state index in [4.69, 9.17) is 0 Å². The Balaban J connectivity index is 2.49. The summed E-state index contributed by atoms with van der Waals surface area (Å²) < 4.78 is 0. The maximum Gasteiger partial charge on any atom is 0.163 e. The van der Waals surface area contributed by atoms with Gasteiger partial charge in [-0.15, -0.1) is 23.5 Å². The number of amidine groups is 1. The summed E-state index contributed by atoms with van der Waals surface area (Å²) in [5.74, 6) is 0.797. The fourth-order valence-electron chi connectivity index (χ4n) is 2.23. The monoisotopic (exact) mass is 289 g/mol. The minimum Gasteiger partial charge on any atom is -0.270 e. The van der Waals surface area contributed by atoms with Gasteiger partial charge in [-0.2, -0.15) is 0 Å². The summed E-state index contributed by atoms with van der Waals surface area (Å²) in [5, 5.41) is 2.19. The molecule has 0 aliphatic carbocycles. The summed E-state index contributed by atoms with van der Waals surface area (Å²) >= 11 is 3.75. The lowest BCUT2D eigenvalue weighted by Gasteiger charge is -2.17. The lowest BCUT2D eigenvalue weighted by Crippen LogP contribution is -2.37. The van der Waals surface area contributed by atoms with Crippen LogP contribution in [0.15, 0.2) is 25.4 Å². The molecule has 0 amide bonds. The fraction of sp³-hybridized carbons (Fsp3) is 0.357. The Labute approximate surface area is 121 Å². The highest BCUT2D eigenvalue weighted by Gasteiger charge is 2.19. The van der Waals surface area contributed by atoms with Crippen LogP contribution in [0.2, 0.25) is 0 Å². The van der Waals surface area contributed by atoms with E-state index in [1.54, 1.807) is 7.05 Å². The van der Waals surface area contributed by atoms with Crippen molar-refractivity contribution in [1.29, 1.82) is 0 Å². The molecule has 1 aromatic heterocycles. The van der Waals surface area contributed by atoms with Crippen molar-refractivity contribution < 1.29 is 0 Å². The third-order valence-electron chi connectivity index (χ3n) is 3.45. The Morgan fingerprint density at radius 3 is 2.74 bits per heavy atom. The van der Waals surface area contributed by atoms with Crippen LogP contribution in [0, 0.1) is 13.8 Å². The van der Waals surface area contributed by atoms with Crippen molar-refractivity contribution in [1.82, 2.24) is 4.98 Å². The quantitative estimate of drug-likeness (QED) is 0.735. The van der Waals surface area contributed by atoms with Gasteiger partial charge < -0.3 is 0 Å². The summed E-state index contributed by atoms with van der Waals surface area (Å²) in [5.41, 5.74) is 4.29. The van der Waals surface area contributed by atoms with Crippen molar-refractivity contribution >= 4 is 35.4 Å². The van der Waals surface area contributed by atoms with Gasteiger partial charge in [-0.3, -0.25) is 4.99 Å². The molecule has 98 valence electrons. The van der Waals surface area contributed by atoms with E-state index in [1.165, 1.54) is 15.4 Å². The Kier molecular flexibility index (Phi) is 3.27. The van der Waals surface area contributed by atoms with E-state index in [1.807, 2.05) is 30.4 Å². The van der Waals surface area contributed by atoms with Gasteiger partial charge in [0.2, 0.25) is 0 Å². The number of allylic oxidation sites excluding steroid dienone is 1. The molecule has 0 spiro atoms. The number of fused-ring (bicyclic) bond motifs is 1. The predicted molar refractivity (Wildman–Crippen MR) is 83.3 cm³/mol. The zero-order chi connectivity index (χ0) is 13.6. The Morgan fingerprint density at radius 1 is 1.21 bits per heavy atom. The van der Waals surface area contributed by atoms with E-state index < -0.39 is 0 Å². The number of pyridine rings is 1. The zero-order valence-corrected chi connectivity index (χ0v) is 13.1. The van der Waals surface area contributed by atoms with E-state index >= 15 is 0 Å². The molecule has 2 aliphatic rings. The third-order valence-corrected chi connectivity index (χ3v) is 5.86. The molecule has 0 aromatic carbocycles. The molecule has 3 heterocycles. The van der Waals surface area contributed by atoms with Gasteiger partial charge in [-0.25, -0.2) is 9.98 Å². The van der Waals surface area contributed by atoms with Crippen molar-refractivity contribution in [3.63, 3.8) is 0 Å². The molecule has 0 radical (unpaired) electrons. The van der Waals surface area contributed by atoms with Crippen LogP contribution >= 0.6 is 23.5 Å². The SMILES string of the molecule is C/N=C1/N=c2nc(C)c(C)c3c2=C/C1=C(/C)SCS3. The van der Waals surface area contributed by atoms with Crippen LogP contribution in [-0.2, 0) is 0 Å². The number of nitrogens with zero attached hydrogens (tertiary/aromatic N) is 3. The maximum absolute atomic E-state index is 4.63. The van der Waals surface area contributed by atoms with Crippen LogP contribution in [0.5, 0.6) is 0 Å². The molecule has 0 fully saturated rings. The number of aryl methyl sites for hydroxylation is 1. The van der Waals surface area contributed by atoms with Crippen LogP contribution in [-0.4, -0.2) is 23.0 Å².